The summed E-state index contributed by atoms with van der Waals surface area (Å²) in [4.78, 5) is 21.6. The highest BCUT2D eigenvalue weighted by Crippen LogP contribution is 2.19. The summed E-state index contributed by atoms with van der Waals surface area (Å²) < 4.78 is 20.7. The molecule has 3 aromatic rings. The maximum Gasteiger partial charge on any atom is 0.330 e. The van der Waals surface area contributed by atoms with Gasteiger partial charge in [0.05, 0.1) is 19.8 Å². The summed E-state index contributed by atoms with van der Waals surface area (Å²) in [6, 6.07) is 25.4. The largest absolute Gasteiger partial charge is 0.508 e. The van der Waals surface area contributed by atoms with Crippen molar-refractivity contribution in [1.82, 2.24) is 0 Å². The van der Waals surface area contributed by atoms with Crippen molar-refractivity contribution >= 4 is 30.2 Å². The van der Waals surface area contributed by atoms with Crippen LogP contribution in [0.3, 0.4) is 0 Å². The lowest BCUT2D eigenvalue weighted by atomic mass is 9.96. The van der Waals surface area contributed by atoms with Gasteiger partial charge in [-0.3, -0.25) is 0 Å². The Morgan fingerprint density at radius 2 is 1.26 bits per heavy atom. The molecule has 0 bridgehead atoms. The third-order valence-electron chi connectivity index (χ3n) is 6.09. The molecule has 3 rings (SSSR count). The van der Waals surface area contributed by atoms with E-state index in [1.54, 1.807) is 12.1 Å². The van der Waals surface area contributed by atoms with Gasteiger partial charge in [0.2, 0.25) is 0 Å². The highest BCUT2D eigenvalue weighted by atomic mass is 16.5. The van der Waals surface area contributed by atoms with Crippen LogP contribution in [0.5, 0.6) is 11.5 Å². The van der Waals surface area contributed by atoms with E-state index in [1.165, 1.54) is 0 Å². The molecule has 7 nitrogen and oxygen atoms in total. The normalized spacial score (nSPS) is 11.4. The molecule has 0 saturated heterocycles. The molecule has 242 valence electrons. The molecule has 0 aliphatic carbocycles. The van der Waals surface area contributed by atoms with Gasteiger partial charge in [0.25, 0.3) is 0 Å². The van der Waals surface area contributed by atoms with Gasteiger partial charge in [-0.2, -0.15) is 0 Å². The second-order valence-electron chi connectivity index (χ2n) is 10.7. The average Bonchev–Trinajstić information content (AvgIpc) is 3.08. The molecule has 46 heavy (non-hydrogen) atoms. The second kappa shape index (κ2) is 20.7. The average molecular weight is 625 g/mol. The first-order valence-electron chi connectivity index (χ1n) is 14.9. The molecule has 0 atom stereocenters. The zero-order valence-corrected chi connectivity index (χ0v) is 26.9. The molecule has 0 aliphatic heterocycles. The van der Waals surface area contributed by atoms with Gasteiger partial charge in [0.15, 0.2) is 0 Å². The molecular formula is C39H44O7. The Labute approximate surface area is 272 Å². The summed E-state index contributed by atoms with van der Waals surface area (Å²) in [6.07, 6.45) is 12.6. The van der Waals surface area contributed by atoms with E-state index in [2.05, 4.69) is 49.6 Å². The minimum Gasteiger partial charge on any atom is -0.508 e. The minimum absolute atomic E-state index is 0.169. The van der Waals surface area contributed by atoms with Crippen LogP contribution in [0.15, 0.2) is 122 Å². The predicted molar refractivity (Wildman–Crippen MR) is 185 cm³/mol. The number of hydrogen-bond donors (Lipinski definition) is 1. The van der Waals surface area contributed by atoms with Crippen LogP contribution in [-0.4, -0.2) is 50.1 Å². The van der Waals surface area contributed by atoms with E-state index in [-0.39, 0.29) is 19.0 Å². The summed E-state index contributed by atoms with van der Waals surface area (Å²) in [5, 5.41) is 9.48. The van der Waals surface area contributed by atoms with Gasteiger partial charge in [-0.1, -0.05) is 106 Å². The van der Waals surface area contributed by atoms with Crippen LogP contribution < -0.4 is 4.74 Å². The van der Waals surface area contributed by atoms with E-state index < -0.39 is 17.4 Å². The molecule has 0 unspecified atom stereocenters. The lowest BCUT2D eigenvalue weighted by Crippen LogP contribution is -2.27. The number of phenolic OH excluding ortho intramolecular Hbond substituents is 1. The Bertz CT molecular complexity index is 1420. The highest BCUT2D eigenvalue weighted by molar-refractivity contribution is 5.81. The van der Waals surface area contributed by atoms with Gasteiger partial charge in [-0.05, 0) is 59.5 Å². The van der Waals surface area contributed by atoms with E-state index >= 15 is 0 Å². The van der Waals surface area contributed by atoms with Gasteiger partial charge in [0, 0.05) is 24.2 Å². The summed E-state index contributed by atoms with van der Waals surface area (Å²) >= 11 is 0. The zero-order valence-electron chi connectivity index (χ0n) is 26.9. The number of ether oxygens (including phenoxy) is 4. The van der Waals surface area contributed by atoms with Crippen LogP contribution in [-0.2, 0) is 23.8 Å². The smallest absolute Gasteiger partial charge is 0.330 e. The predicted octanol–water partition coefficient (Wildman–Crippen LogP) is 8.09. The Hall–Kier alpha value is -5.14. The molecule has 0 spiro atoms. The number of aromatic hydroxyl groups is 1. The van der Waals surface area contributed by atoms with E-state index in [4.69, 9.17) is 18.9 Å². The zero-order chi connectivity index (χ0) is 33.6. The van der Waals surface area contributed by atoms with Gasteiger partial charge < -0.3 is 24.1 Å². The summed E-state index contributed by atoms with van der Waals surface area (Å²) in [5.74, 6) is 0.120. The molecule has 0 saturated carbocycles. The molecule has 0 heterocycles. The maximum atomic E-state index is 10.8. The Morgan fingerprint density at radius 1 is 0.739 bits per heavy atom. The standard InChI is InChI=1S/C28H28O3.C11H16O4/c1-2-30-20-21-31-28-18-14-26(15-19-28)22-25(10-8-23-6-4-3-5-7-23)11-9-24-12-16-27(29)17-13-24;1-5-9(12)14-7-11(3,4)8-15-10(13)6-2/h3-19,22,29H,2,20-21H2,1H3;5-6H,1-2,7-8H2,3-4H3. The first-order chi connectivity index (χ1) is 22.1. The molecule has 0 aliphatic rings. The number of carbonyl (C=O) groups is 2. The third kappa shape index (κ3) is 16.1. The molecule has 0 aromatic heterocycles. The number of hydrogen-bond acceptors (Lipinski definition) is 7. The van der Waals surface area contributed by atoms with Crippen LogP contribution in [0.1, 0.15) is 37.5 Å². The first-order valence-corrected chi connectivity index (χ1v) is 14.9. The molecule has 0 radical (unpaired) electrons. The number of esters is 2. The van der Waals surface area contributed by atoms with Gasteiger partial charge in [-0.15, -0.1) is 0 Å². The SMILES string of the molecule is C=CC(=O)OCC(C)(C)COC(=O)C=C.CCOCCOc1ccc(C=C(C=Cc2ccccc2)C=Cc2ccc(O)cc2)cc1. The van der Waals surface area contributed by atoms with Crippen molar-refractivity contribution in [1.29, 1.82) is 0 Å². The Kier molecular flexibility index (Phi) is 16.7. The number of allylic oxidation sites excluding steroid dienone is 3. The topological polar surface area (TPSA) is 91.3 Å². The second-order valence-corrected chi connectivity index (χ2v) is 10.7. The quantitative estimate of drug-likeness (QED) is 0.0745. The van der Waals surface area contributed by atoms with E-state index in [9.17, 15) is 14.7 Å². The monoisotopic (exact) mass is 624 g/mol. The van der Waals surface area contributed by atoms with Crippen LogP contribution >= 0.6 is 0 Å². The first kappa shape index (κ1) is 37.0. The number of rotatable bonds is 16. The van der Waals surface area contributed by atoms with Gasteiger partial charge in [0.1, 0.15) is 18.1 Å². The van der Waals surface area contributed by atoms with Crippen molar-refractivity contribution in [3.05, 3.63) is 139 Å². The molecule has 1 N–H and O–H groups in total. The minimum atomic E-state index is -0.488. The molecule has 3 aromatic carbocycles. The van der Waals surface area contributed by atoms with E-state index in [0.717, 1.165) is 40.2 Å². The molecule has 0 amide bonds. The Morgan fingerprint density at radius 3 is 1.78 bits per heavy atom. The lowest BCUT2D eigenvalue weighted by Gasteiger charge is -2.22. The van der Waals surface area contributed by atoms with Crippen LogP contribution in [0.25, 0.3) is 18.2 Å². The fourth-order valence-electron chi connectivity index (χ4n) is 3.59. The van der Waals surface area contributed by atoms with Gasteiger partial charge in [-0.25, -0.2) is 9.59 Å². The summed E-state index contributed by atoms with van der Waals surface area (Å²) in [5.41, 5.74) is 3.89. The van der Waals surface area contributed by atoms with Crippen LogP contribution in [0, 0.1) is 5.41 Å². The molecular weight excluding hydrogens is 580 g/mol. The van der Waals surface area contributed by atoms with Crippen LogP contribution in [0.4, 0.5) is 0 Å². The fourth-order valence-corrected chi connectivity index (χ4v) is 3.59. The van der Waals surface area contributed by atoms with Crippen molar-refractivity contribution < 1.29 is 33.6 Å². The highest BCUT2D eigenvalue weighted by Gasteiger charge is 2.21. The number of phenols is 1. The van der Waals surface area contributed by atoms with Crippen LogP contribution in [0.2, 0.25) is 0 Å². The van der Waals surface area contributed by atoms with E-state index in [0.29, 0.717) is 19.8 Å². The number of carbonyl (C=O) groups excluding carboxylic acids is 2. The van der Waals surface area contributed by atoms with Crippen molar-refractivity contribution in [2.75, 3.05) is 33.0 Å². The van der Waals surface area contributed by atoms with Crippen molar-refractivity contribution in [2.45, 2.75) is 20.8 Å². The number of benzene rings is 3. The van der Waals surface area contributed by atoms with Crippen molar-refractivity contribution in [3.8, 4) is 11.5 Å². The Balaban J connectivity index is 0.000000415. The molecule has 7 heteroatoms. The lowest BCUT2D eigenvalue weighted by molar-refractivity contribution is -0.146. The van der Waals surface area contributed by atoms with Crippen molar-refractivity contribution in [3.63, 3.8) is 0 Å². The summed E-state index contributed by atoms with van der Waals surface area (Å²) in [7, 11) is 0. The fraction of sp³-hybridized carbons (Fsp3) is 0.231. The van der Waals surface area contributed by atoms with Crippen molar-refractivity contribution in [2.24, 2.45) is 5.41 Å². The van der Waals surface area contributed by atoms with E-state index in [1.807, 2.05) is 81.4 Å². The third-order valence-corrected chi connectivity index (χ3v) is 6.09. The summed E-state index contributed by atoms with van der Waals surface area (Å²) in [6.45, 7) is 14.3. The maximum absolute atomic E-state index is 10.8. The van der Waals surface area contributed by atoms with Gasteiger partial charge >= 0.3 is 11.9 Å². The molecule has 0 fully saturated rings.